The van der Waals surface area contributed by atoms with E-state index < -0.39 is 33.7 Å². The van der Waals surface area contributed by atoms with Gasteiger partial charge in [0.25, 0.3) is 0 Å². The van der Waals surface area contributed by atoms with Gasteiger partial charge in [-0.15, -0.1) is 0 Å². The van der Waals surface area contributed by atoms with Gasteiger partial charge in [0.1, 0.15) is 0 Å². The third-order valence-electron chi connectivity index (χ3n) is 0.231. The van der Waals surface area contributed by atoms with Crippen molar-refractivity contribution in [3.8, 4) is 0 Å². The van der Waals surface area contributed by atoms with Crippen LogP contribution in [0.5, 0.6) is 0 Å². The molecule has 1 aliphatic heterocycles. The van der Waals surface area contributed by atoms with Crippen LogP contribution in [0.4, 0.5) is 0 Å². The topological polar surface area (TPSA) is 38.7 Å². The molecular weight excluding hydrogens is 286 g/mol. The zero-order chi connectivity index (χ0) is 3.70. The van der Waals surface area contributed by atoms with E-state index in [1.54, 1.807) is 0 Å². The fourth-order valence-electron chi connectivity index (χ4n) is 0.0706. The molecule has 1 rings (SSSR count). The van der Waals surface area contributed by atoms with Crippen LogP contribution in [0.25, 0.3) is 0 Å². The van der Waals surface area contributed by atoms with Gasteiger partial charge in [0, 0.05) is 0 Å². The van der Waals surface area contributed by atoms with E-state index in [1.807, 2.05) is 0 Å². The van der Waals surface area contributed by atoms with E-state index in [9.17, 15) is 0 Å². The molecule has 0 amide bonds. The molecule has 0 unspecified atom stereocenters. The van der Waals surface area contributed by atoms with Crippen molar-refractivity contribution in [3.63, 3.8) is 0 Å². The van der Waals surface area contributed by atoms with Gasteiger partial charge in [-0.2, -0.15) is 0 Å². The fourth-order valence-corrected chi connectivity index (χ4v) is 1.86. The Bertz CT molecular complexity index is 33.9. The molecule has 0 atom stereocenters. The van der Waals surface area contributed by atoms with Gasteiger partial charge in [-0.05, 0) is 0 Å². The second-order valence-corrected chi connectivity index (χ2v) is 6.25. The Labute approximate surface area is 43.8 Å². The third-order valence-corrected chi connectivity index (χ3v) is 6.07. The van der Waals surface area contributed by atoms with Crippen LogP contribution in [0.15, 0.2) is 0 Å². The summed E-state index contributed by atoms with van der Waals surface area (Å²) in [6, 6.07) is 0. The van der Waals surface area contributed by atoms with Crippen LogP contribution >= 0.6 is 8.60 Å². The minimum absolute atomic E-state index is 1.04. The molecule has 0 spiro atoms. The number of hydrogen-bond donors (Lipinski definition) is 1. The Balaban J connectivity index is 2.08. The molecule has 5 heavy (non-hydrogen) atoms. The van der Waals surface area contributed by atoms with Crippen LogP contribution in [0, 0.1) is 0 Å². The van der Waals surface area contributed by atoms with E-state index in [4.69, 9.17) is 4.89 Å². The molecule has 0 bridgehead atoms. The second-order valence-electron chi connectivity index (χ2n) is 0.504. The summed E-state index contributed by atoms with van der Waals surface area (Å²) >= 11 is -1.04. The van der Waals surface area contributed by atoms with Gasteiger partial charge >= 0.3 is 43.6 Å². The van der Waals surface area contributed by atoms with Gasteiger partial charge in [0.15, 0.2) is 0 Å². The van der Waals surface area contributed by atoms with Crippen molar-refractivity contribution in [3.05, 3.63) is 0 Å². The molecule has 1 fully saturated rings. The molecule has 1 saturated heterocycles. The first-order chi connectivity index (χ1) is 2.39. The molecular formula is HO3PPb. The summed E-state index contributed by atoms with van der Waals surface area (Å²) in [5, 5.41) is 0. The van der Waals surface area contributed by atoms with Crippen molar-refractivity contribution in [1.29, 1.82) is 0 Å². The first-order valence-corrected chi connectivity index (χ1v) is 5.28. The van der Waals surface area contributed by atoms with E-state index in [1.165, 1.54) is 0 Å². The molecule has 3 nitrogen and oxygen atoms in total. The maximum absolute atomic E-state index is 8.12. The van der Waals surface area contributed by atoms with Crippen LogP contribution in [0.3, 0.4) is 0 Å². The first kappa shape index (κ1) is 4.39. The van der Waals surface area contributed by atoms with Crippen molar-refractivity contribution in [1.82, 2.24) is 0 Å². The Hall–Kier alpha value is 1.23. The molecule has 1 N–H and O–H groups in total. The average Bonchev–Trinajstić information content (AvgIpc) is 1.30. The van der Waals surface area contributed by atoms with Crippen LogP contribution in [-0.4, -0.2) is 30.0 Å². The zero-order valence-corrected chi connectivity index (χ0v) is 6.99. The average molecular weight is 287 g/mol. The molecule has 0 aliphatic carbocycles. The van der Waals surface area contributed by atoms with Gasteiger partial charge in [0.2, 0.25) is 0 Å². The Morgan fingerprint density at radius 3 is 2.00 bits per heavy atom. The zero-order valence-electron chi connectivity index (χ0n) is 2.21. The Kier molecular flexibility index (Phi) is 1.57. The molecule has 5 heteroatoms. The molecule has 1 aliphatic rings. The normalized spacial score (nSPS) is 25.8. The summed E-state index contributed by atoms with van der Waals surface area (Å²) in [5.74, 6) is 0. The summed E-state index contributed by atoms with van der Waals surface area (Å²) in [6.07, 6.45) is 0. The maximum atomic E-state index is 8.12. The standard InChI is InChI=1S/HO3P.Pb/c1-4(2)3;/h1H;/q-2;+2. The summed E-state index contributed by atoms with van der Waals surface area (Å²) in [6.45, 7) is 0. The molecule has 28 valence electrons. The first-order valence-electron chi connectivity index (χ1n) is 0.973. The van der Waals surface area contributed by atoms with Gasteiger partial charge in [0.05, 0.1) is 0 Å². The number of rotatable bonds is 0. The summed E-state index contributed by atoms with van der Waals surface area (Å²) < 4.78 is 9.05. The predicted octanol–water partition coefficient (Wildman–Crippen LogP) is -0.213. The van der Waals surface area contributed by atoms with Crippen molar-refractivity contribution < 1.29 is 9.84 Å². The number of hydrogen-bond acceptors (Lipinski definition) is 3. The van der Waals surface area contributed by atoms with E-state index in [0.29, 0.717) is 0 Å². The van der Waals surface area contributed by atoms with Crippen molar-refractivity contribution in [2.24, 2.45) is 0 Å². The van der Waals surface area contributed by atoms with E-state index in [-0.39, 0.29) is 0 Å². The van der Waals surface area contributed by atoms with Crippen LogP contribution in [0.1, 0.15) is 0 Å². The third kappa shape index (κ3) is 1.04. The van der Waals surface area contributed by atoms with Crippen LogP contribution < -0.4 is 0 Å². The summed E-state index contributed by atoms with van der Waals surface area (Å²) in [5.41, 5.74) is 0. The fraction of sp³-hybridized carbons (Fsp3) is 0. The molecule has 0 aromatic heterocycles. The van der Waals surface area contributed by atoms with Gasteiger partial charge in [-0.1, -0.05) is 0 Å². The van der Waals surface area contributed by atoms with Crippen molar-refractivity contribution in [2.45, 2.75) is 0 Å². The SMILES string of the molecule is OP1[O][Pb][O]1. The quantitative estimate of drug-likeness (QED) is 0.495. The van der Waals surface area contributed by atoms with E-state index in [2.05, 4.69) is 4.95 Å². The Morgan fingerprint density at radius 1 is 1.60 bits per heavy atom. The van der Waals surface area contributed by atoms with E-state index in [0.717, 1.165) is 0 Å². The van der Waals surface area contributed by atoms with Gasteiger partial charge in [-0.25, -0.2) is 0 Å². The van der Waals surface area contributed by atoms with Gasteiger partial charge in [-0.3, -0.25) is 0 Å². The van der Waals surface area contributed by atoms with E-state index >= 15 is 0 Å². The molecule has 0 saturated carbocycles. The predicted molar refractivity (Wildman–Crippen MR) is 17.1 cm³/mol. The van der Waals surface area contributed by atoms with Crippen molar-refractivity contribution >= 4 is 33.7 Å². The monoisotopic (exact) mass is 288 g/mol. The Morgan fingerprint density at radius 2 is 2.00 bits per heavy atom. The summed E-state index contributed by atoms with van der Waals surface area (Å²) in [4.78, 5) is 8.12. The minimum atomic E-state index is -1.33. The van der Waals surface area contributed by atoms with Crippen LogP contribution in [0.2, 0.25) is 0 Å². The van der Waals surface area contributed by atoms with Gasteiger partial charge < -0.3 is 0 Å². The second kappa shape index (κ2) is 1.79. The molecule has 2 radical (unpaired) electrons. The molecule has 1 heterocycles. The van der Waals surface area contributed by atoms with Crippen molar-refractivity contribution in [2.75, 3.05) is 0 Å². The van der Waals surface area contributed by atoms with Crippen LogP contribution in [-0.2, 0) is 4.95 Å². The molecule has 0 aromatic carbocycles. The summed E-state index contributed by atoms with van der Waals surface area (Å²) in [7, 11) is -1.33. The molecule has 0 aromatic rings.